The van der Waals surface area contributed by atoms with Gasteiger partial charge in [0.2, 0.25) is 0 Å². The summed E-state index contributed by atoms with van der Waals surface area (Å²) in [6.07, 6.45) is 15.0. The minimum absolute atomic E-state index is 0. The van der Waals surface area contributed by atoms with E-state index in [1.54, 1.807) is 7.11 Å². The van der Waals surface area contributed by atoms with Gasteiger partial charge in [-0.3, -0.25) is 5.26 Å². The summed E-state index contributed by atoms with van der Waals surface area (Å²) in [5.41, 5.74) is 4.14. The molecule has 189 valence electrons. The Bertz CT molecular complexity index is 276. The van der Waals surface area contributed by atoms with Crippen molar-refractivity contribution < 1.29 is 61.9 Å². The van der Waals surface area contributed by atoms with Gasteiger partial charge < -0.3 is 24.6 Å². The molecule has 0 aliphatic rings. The largest absolute Gasteiger partial charge is 0.534 e. The molecule has 0 saturated carbocycles. The molecule has 0 rings (SSSR count). The zero-order valence-electron chi connectivity index (χ0n) is 20.2. The molecule has 1 radical (unpaired) electrons. The maximum absolute atomic E-state index is 8.21. The predicted molar refractivity (Wildman–Crippen MR) is 130 cm³/mol. The van der Waals surface area contributed by atoms with Crippen molar-refractivity contribution in [1.29, 1.82) is 0 Å². The van der Waals surface area contributed by atoms with Crippen LogP contribution >= 0.6 is 17.6 Å². The molecule has 31 heavy (non-hydrogen) atoms. The number of hydroxylamine groups is 1. The third kappa shape index (κ3) is 39.2. The number of unbranched alkanes of at least 4 members (excludes halogenated alkanes) is 10. The fraction of sp³-hybridized carbons (Fsp3) is 1.00. The van der Waals surface area contributed by atoms with Gasteiger partial charge in [-0.1, -0.05) is 71.4 Å². The van der Waals surface area contributed by atoms with Gasteiger partial charge in [-0.25, -0.2) is 10.8 Å². The monoisotopic (exact) mass is 564 g/mol. The van der Waals surface area contributed by atoms with Crippen LogP contribution in [-0.2, 0) is 51.5 Å². The van der Waals surface area contributed by atoms with Crippen LogP contribution in [0.2, 0.25) is 0 Å². The summed E-state index contributed by atoms with van der Waals surface area (Å²) < 4.78 is 10.9. The van der Waals surface area contributed by atoms with Crippen molar-refractivity contribution in [2.75, 3.05) is 46.3 Å². The second kappa shape index (κ2) is 41.9. The summed E-state index contributed by atoms with van der Waals surface area (Å²) in [5.74, 6) is 3.50. The van der Waals surface area contributed by atoms with Crippen LogP contribution in [-0.4, -0.2) is 56.8 Å². The van der Waals surface area contributed by atoms with Crippen molar-refractivity contribution in [2.24, 2.45) is 5.90 Å². The van der Waals surface area contributed by atoms with E-state index in [2.05, 4.69) is 32.4 Å². The van der Waals surface area contributed by atoms with Crippen LogP contribution in [0, 0.1) is 0 Å². The van der Waals surface area contributed by atoms with Gasteiger partial charge in [0.05, 0.1) is 13.2 Å². The van der Waals surface area contributed by atoms with Crippen molar-refractivity contribution in [1.82, 2.24) is 0 Å². The molecule has 0 aromatic carbocycles. The zero-order valence-corrected chi connectivity index (χ0v) is 25.1. The standard InChI is InChI=1S/C19H41NO5P.CH5P.H3NO.Y/c1-3-26(22-2)25-19-15-11-8-12-16-20-23-17-13-9-6-4-5-7-10-14-18-24-21;2*1-2;/h21H,3-19H2,1-2H3;2H2,1H3;2H,1H2;/q-1;;;. The molecule has 2 unspecified atom stereocenters. The van der Waals surface area contributed by atoms with Crippen LogP contribution < -0.4 is 5.90 Å². The van der Waals surface area contributed by atoms with Crippen molar-refractivity contribution in [2.45, 2.75) is 84.0 Å². The average molecular weight is 564 g/mol. The van der Waals surface area contributed by atoms with E-state index in [0.29, 0.717) is 6.61 Å². The minimum Gasteiger partial charge on any atom is -0.534 e. The van der Waals surface area contributed by atoms with E-state index in [4.69, 9.17) is 24.3 Å². The van der Waals surface area contributed by atoms with Gasteiger partial charge in [0.1, 0.15) is 0 Å². The Morgan fingerprint density at radius 2 is 1.23 bits per heavy atom. The van der Waals surface area contributed by atoms with Crippen molar-refractivity contribution in [3.05, 3.63) is 5.48 Å². The van der Waals surface area contributed by atoms with Gasteiger partial charge in [0.25, 0.3) is 0 Å². The summed E-state index contributed by atoms with van der Waals surface area (Å²) in [5, 5.41) is 14.7. The van der Waals surface area contributed by atoms with Crippen molar-refractivity contribution in [3.63, 3.8) is 0 Å². The SMILES string of the molecule is CCP(OC)OCCCCCC[N-]OCCCCCCCCCCOO.CP.NO.[Y]. The number of nitrogens with two attached hydrogens (primary N) is 1. The zero-order chi connectivity index (χ0) is 23.1. The first-order chi connectivity index (χ1) is 14.8. The van der Waals surface area contributed by atoms with Crippen molar-refractivity contribution in [3.8, 4) is 0 Å². The molecule has 0 fully saturated rings. The third-order valence-corrected chi connectivity index (χ3v) is 5.55. The molecule has 0 aromatic rings. The van der Waals surface area contributed by atoms with E-state index in [1.807, 2.05) is 6.66 Å². The molecule has 0 aliphatic carbocycles. The van der Waals surface area contributed by atoms with E-state index >= 15 is 0 Å². The van der Waals surface area contributed by atoms with E-state index < -0.39 is 8.38 Å². The van der Waals surface area contributed by atoms with Crippen LogP contribution in [0.1, 0.15) is 84.0 Å². The molecule has 0 aromatic heterocycles. The summed E-state index contributed by atoms with van der Waals surface area (Å²) in [6.45, 7) is 6.83. The molecule has 8 nitrogen and oxygen atoms in total. The molecule has 0 amide bonds. The van der Waals surface area contributed by atoms with Gasteiger partial charge in [-0.2, -0.15) is 0 Å². The first-order valence-corrected chi connectivity index (χ1v) is 13.7. The Morgan fingerprint density at radius 1 is 0.774 bits per heavy atom. The van der Waals surface area contributed by atoms with Gasteiger partial charge in [0.15, 0.2) is 8.38 Å². The Labute approximate surface area is 220 Å². The summed E-state index contributed by atoms with van der Waals surface area (Å²) in [4.78, 5) is 9.40. The first-order valence-electron chi connectivity index (χ1n) is 11.2. The Kier molecular flexibility index (Phi) is 53.8. The molecule has 0 heterocycles. The van der Waals surface area contributed by atoms with Gasteiger partial charge in [0, 0.05) is 52.6 Å². The van der Waals surface area contributed by atoms with E-state index in [0.717, 1.165) is 58.0 Å². The molecular formula is C20H49N2O6P2Y-. The molecule has 2 atom stereocenters. The molecule has 0 spiro atoms. The molecule has 0 saturated heterocycles. The second-order valence-corrected chi connectivity index (χ2v) is 8.35. The number of hydrogen-bond acceptors (Lipinski definition) is 7. The fourth-order valence-corrected chi connectivity index (χ4v) is 3.47. The van der Waals surface area contributed by atoms with Gasteiger partial charge in [-0.15, -0.1) is 15.8 Å². The molecule has 0 bridgehead atoms. The molecular weight excluding hydrogens is 515 g/mol. The van der Waals surface area contributed by atoms with Crippen LogP contribution in [0.25, 0.3) is 5.48 Å². The average Bonchev–Trinajstić information content (AvgIpc) is 2.80. The molecule has 4 N–H and O–H groups in total. The topological polar surface area (TPSA) is 118 Å². The molecule has 11 heteroatoms. The summed E-state index contributed by atoms with van der Waals surface area (Å²) >= 11 is 0. The number of hydrogen-bond donors (Lipinski definition) is 3. The Morgan fingerprint density at radius 3 is 1.71 bits per heavy atom. The quantitative estimate of drug-likeness (QED) is 0.0613. The van der Waals surface area contributed by atoms with Crippen molar-refractivity contribution >= 4 is 17.6 Å². The maximum Gasteiger partial charge on any atom is 0.169 e. The number of nitrogens with zero attached hydrogens (tertiary/aromatic N) is 1. The number of rotatable bonds is 22. The summed E-state index contributed by atoms with van der Waals surface area (Å²) in [7, 11) is 3.48. The Balaban J connectivity index is -0.000000684. The third-order valence-electron chi connectivity index (χ3n) is 4.15. The normalized spacial score (nSPS) is 10.9. The van der Waals surface area contributed by atoms with Gasteiger partial charge in [-0.05, 0) is 19.3 Å². The maximum atomic E-state index is 8.21. The fourth-order valence-electron chi connectivity index (χ4n) is 2.59. The second-order valence-electron chi connectivity index (χ2n) is 6.43. The Hall–Kier alpha value is 1.64. The van der Waals surface area contributed by atoms with E-state index in [9.17, 15) is 0 Å². The predicted octanol–water partition coefficient (Wildman–Crippen LogP) is 6.28. The molecule has 0 aliphatic heterocycles. The smallest absolute Gasteiger partial charge is 0.169 e. The minimum atomic E-state index is -0.653. The summed E-state index contributed by atoms with van der Waals surface area (Å²) in [6, 6.07) is 0. The van der Waals surface area contributed by atoms with E-state index in [-0.39, 0.29) is 32.7 Å². The van der Waals surface area contributed by atoms with Crippen LogP contribution in [0.15, 0.2) is 0 Å². The van der Waals surface area contributed by atoms with E-state index in [1.165, 1.54) is 44.9 Å². The first kappa shape index (κ1) is 39.8. The van der Waals surface area contributed by atoms with Gasteiger partial charge >= 0.3 is 0 Å². The van der Waals surface area contributed by atoms with Crippen LogP contribution in [0.5, 0.6) is 0 Å². The van der Waals surface area contributed by atoms with Crippen LogP contribution in [0.4, 0.5) is 0 Å². The van der Waals surface area contributed by atoms with Crippen LogP contribution in [0.3, 0.4) is 0 Å².